The van der Waals surface area contributed by atoms with Gasteiger partial charge in [-0.15, -0.1) is 0 Å². The number of aliphatic hydroxyl groups excluding tert-OH is 1. The number of likely N-dealkylation sites (N-methyl/N-ethyl adjacent to an activating group) is 1. The Morgan fingerprint density at radius 3 is 2.66 bits per heavy atom. The van der Waals surface area contributed by atoms with Gasteiger partial charge in [-0.05, 0) is 38.2 Å². The molecule has 0 saturated carbocycles. The number of hydrogen-bond donors (Lipinski definition) is 5. The highest BCUT2D eigenvalue weighted by atomic mass is 35.5. The Kier molecular flexibility index (Phi) is 5.83. The van der Waals surface area contributed by atoms with Crippen LogP contribution in [0.5, 0.6) is 11.5 Å². The quantitative estimate of drug-likeness (QED) is 0.295. The van der Waals surface area contributed by atoms with Crippen molar-refractivity contribution in [2.75, 3.05) is 20.2 Å². The highest BCUT2D eigenvalue weighted by molar-refractivity contribution is 6.33. The Labute approximate surface area is 187 Å². The van der Waals surface area contributed by atoms with Crippen molar-refractivity contribution in [3.63, 3.8) is 0 Å². The molecule has 10 heteroatoms. The van der Waals surface area contributed by atoms with E-state index in [1.54, 1.807) is 0 Å². The molecule has 1 fully saturated rings. The first-order valence-corrected chi connectivity index (χ1v) is 10.2. The van der Waals surface area contributed by atoms with Crippen LogP contribution < -0.4 is 10.9 Å². The number of hydroxylamine groups is 1. The molecule has 2 atom stereocenters. The van der Waals surface area contributed by atoms with Crippen LogP contribution in [0.15, 0.2) is 39.5 Å². The zero-order valence-electron chi connectivity index (χ0n) is 17.0. The first kappa shape index (κ1) is 22.1. The fourth-order valence-corrected chi connectivity index (χ4v) is 4.62. The van der Waals surface area contributed by atoms with Crippen LogP contribution in [0, 0.1) is 0 Å². The smallest absolute Gasteiger partial charge is 0.274 e. The summed E-state index contributed by atoms with van der Waals surface area (Å²) in [6, 6.07) is 6.13. The number of aromatic hydroxyl groups is 2. The molecule has 2 heterocycles. The third-order valence-electron chi connectivity index (χ3n) is 5.98. The van der Waals surface area contributed by atoms with Crippen molar-refractivity contribution >= 4 is 28.5 Å². The monoisotopic (exact) mass is 460 g/mol. The van der Waals surface area contributed by atoms with Gasteiger partial charge in [0.15, 0.2) is 5.43 Å². The van der Waals surface area contributed by atoms with Crippen LogP contribution in [0.1, 0.15) is 28.3 Å². The molecular formula is C22H21ClN2O7. The van der Waals surface area contributed by atoms with Gasteiger partial charge in [-0.3, -0.25) is 14.8 Å². The van der Waals surface area contributed by atoms with Crippen LogP contribution >= 0.6 is 11.6 Å². The maximum absolute atomic E-state index is 12.9. The largest absolute Gasteiger partial charge is 0.507 e. The highest BCUT2D eigenvalue weighted by Gasteiger charge is 2.36. The zero-order chi connectivity index (χ0) is 23.2. The molecule has 1 aromatic heterocycles. The van der Waals surface area contributed by atoms with Crippen molar-refractivity contribution in [1.82, 2.24) is 10.4 Å². The number of halogens is 1. The molecule has 0 radical (unpaired) electrons. The van der Waals surface area contributed by atoms with E-state index in [-0.39, 0.29) is 51.6 Å². The summed E-state index contributed by atoms with van der Waals surface area (Å²) in [5, 5.41) is 39.7. The second-order valence-electron chi connectivity index (χ2n) is 7.77. The Balaban J connectivity index is 1.95. The first-order valence-electron chi connectivity index (χ1n) is 9.85. The number of amides is 1. The molecule has 0 spiro atoms. The fraction of sp³-hybridized carbons (Fsp3) is 0.273. The molecule has 32 heavy (non-hydrogen) atoms. The number of aliphatic hydroxyl groups is 1. The van der Waals surface area contributed by atoms with Crippen LogP contribution in [-0.4, -0.2) is 57.6 Å². The molecule has 0 unspecified atom stereocenters. The van der Waals surface area contributed by atoms with Gasteiger partial charge in [0, 0.05) is 40.8 Å². The van der Waals surface area contributed by atoms with E-state index in [1.165, 1.54) is 29.7 Å². The number of nitrogens with one attached hydrogen (secondary N) is 1. The van der Waals surface area contributed by atoms with Crippen molar-refractivity contribution in [3.05, 3.63) is 56.7 Å². The Hall–Kier alpha value is -3.11. The lowest BCUT2D eigenvalue weighted by molar-refractivity contribution is 0.0706. The predicted molar refractivity (Wildman–Crippen MR) is 116 cm³/mol. The number of benzene rings is 2. The average molecular weight is 461 g/mol. The minimum Gasteiger partial charge on any atom is -0.507 e. The molecule has 1 amide bonds. The maximum Gasteiger partial charge on any atom is 0.274 e. The average Bonchev–Trinajstić information content (AvgIpc) is 3.12. The number of nitrogens with zero attached hydrogens (tertiary/aromatic N) is 1. The minimum atomic E-state index is -0.754. The summed E-state index contributed by atoms with van der Waals surface area (Å²) in [5.74, 6) is -1.68. The lowest BCUT2D eigenvalue weighted by Gasteiger charge is -2.24. The summed E-state index contributed by atoms with van der Waals surface area (Å²) < 4.78 is 6.01. The molecule has 4 rings (SSSR count). The fourth-order valence-electron chi connectivity index (χ4n) is 4.34. The SMILES string of the molecule is CN1CC[C@@H](c2c(O)cc(O)c3c(=O)cc(-c4ccc(C(=O)NO)cc4Cl)oc23)[C@@H]1CO. The topological polar surface area (TPSA) is 143 Å². The van der Waals surface area contributed by atoms with E-state index in [0.717, 1.165) is 6.07 Å². The third-order valence-corrected chi connectivity index (χ3v) is 6.29. The van der Waals surface area contributed by atoms with E-state index in [4.69, 9.17) is 21.2 Å². The van der Waals surface area contributed by atoms with Crippen LogP contribution in [0.2, 0.25) is 5.02 Å². The normalized spacial score (nSPS) is 18.9. The summed E-state index contributed by atoms with van der Waals surface area (Å²) in [5.41, 5.74) is 1.71. The molecule has 1 aliphatic heterocycles. The van der Waals surface area contributed by atoms with E-state index >= 15 is 0 Å². The Bertz CT molecular complexity index is 1270. The second-order valence-corrected chi connectivity index (χ2v) is 8.18. The molecule has 0 aliphatic carbocycles. The van der Waals surface area contributed by atoms with Crippen molar-refractivity contribution in [1.29, 1.82) is 0 Å². The van der Waals surface area contributed by atoms with E-state index in [2.05, 4.69) is 0 Å². The van der Waals surface area contributed by atoms with E-state index in [9.17, 15) is 24.9 Å². The van der Waals surface area contributed by atoms with E-state index in [0.29, 0.717) is 24.1 Å². The highest BCUT2D eigenvalue weighted by Crippen LogP contribution is 2.44. The maximum atomic E-state index is 12.9. The molecule has 3 aromatic rings. The summed E-state index contributed by atoms with van der Waals surface area (Å²) in [6.45, 7) is 0.509. The van der Waals surface area contributed by atoms with Gasteiger partial charge < -0.3 is 24.6 Å². The number of phenols is 2. The standard InChI is InChI=1S/C22H21ClN2O7/c1-25-5-4-12(14(25)9-26)19-15(27)7-16(28)20-17(29)8-18(32-21(19)20)11-3-2-10(6-13(11)23)22(30)24-31/h2-3,6-8,12,14,26-28,31H,4-5,9H2,1H3,(H,24,30)/t12-,14+/m1/s1. The minimum absolute atomic E-state index is 0.0111. The number of hydrogen-bond acceptors (Lipinski definition) is 8. The van der Waals surface area contributed by atoms with Gasteiger partial charge >= 0.3 is 0 Å². The summed E-state index contributed by atoms with van der Waals surface area (Å²) >= 11 is 6.30. The van der Waals surface area contributed by atoms with Crippen LogP contribution in [-0.2, 0) is 0 Å². The van der Waals surface area contributed by atoms with Crippen LogP contribution in [0.4, 0.5) is 0 Å². The van der Waals surface area contributed by atoms with Crippen molar-refractivity contribution in [2.24, 2.45) is 0 Å². The summed E-state index contributed by atoms with van der Waals surface area (Å²) in [4.78, 5) is 26.5. The number of fused-ring (bicyclic) bond motifs is 1. The number of likely N-dealkylation sites (tertiary alicyclic amines) is 1. The second kappa shape index (κ2) is 8.44. The molecule has 9 nitrogen and oxygen atoms in total. The molecule has 168 valence electrons. The van der Waals surface area contributed by atoms with Gasteiger partial charge in [0.25, 0.3) is 5.91 Å². The van der Waals surface area contributed by atoms with Crippen molar-refractivity contribution in [2.45, 2.75) is 18.4 Å². The summed E-state index contributed by atoms with van der Waals surface area (Å²) in [7, 11) is 1.85. The van der Waals surface area contributed by atoms with Crippen LogP contribution in [0.3, 0.4) is 0 Å². The molecule has 1 aliphatic rings. The van der Waals surface area contributed by atoms with E-state index < -0.39 is 17.1 Å². The molecule has 5 N–H and O–H groups in total. The summed E-state index contributed by atoms with van der Waals surface area (Å²) in [6.07, 6.45) is 0.606. The van der Waals surface area contributed by atoms with Gasteiger partial charge in [0.1, 0.15) is 28.2 Å². The molecule has 0 bridgehead atoms. The Morgan fingerprint density at radius 2 is 2.00 bits per heavy atom. The lowest BCUT2D eigenvalue weighted by atomic mass is 9.89. The molecular weight excluding hydrogens is 440 g/mol. The van der Waals surface area contributed by atoms with Crippen LogP contribution in [0.25, 0.3) is 22.3 Å². The molecule has 1 saturated heterocycles. The number of rotatable bonds is 4. The van der Waals surface area contributed by atoms with Gasteiger partial charge in [-0.1, -0.05) is 11.6 Å². The number of carbonyl (C=O) groups excluding carboxylic acids is 1. The Morgan fingerprint density at radius 1 is 1.25 bits per heavy atom. The van der Waals surface area contributed by atoms with Crippen molar-refractivity contribution in [3.8, 4) is 22.8 Å². The van der Waals surface area contributed by atoms with E-state index in [1.807, 2.05) is 11.9 Å². The third kappa shape index (κ3) is 3.59. The number of phenolic OH excluding ortho intramolecular Hbond substituents is 2. The lowest BCUT2D eigenvalue weighted by Crippen LogP contribution is -2.32. The zero-order valence-corrected chi connectivity index (χ0v) is 17.8. The predicted octanol–water partition coefficient (Wildman–Crippen LogP) is 2.42. The van der Waals surface area contributed by atoms with Gasteiger partial charge in [-0.25, -0.2) is 5.48 Å². The van der Waals surface area contributed by atoms with Crippen molar-refractivity contribution < 1.29 is 29.7 Å². The van der Waals surface area contributed by atoms with Gasteiger partial charge in [0.05, 0.1) is 11.6 Å². The number of carbonyl (C=O) groups is 1. The first-order chi connectivity index (χ1) is 15.3. The molecule has 2 aromatic carbocycles. The van der Waals surface area contributed by atoms with Gasteiger partial charge in [-0.2, -0.15) is 0 Å². The van der Waals surface area contributed by atoms with Gasteiger partial charge in [0.2, 0.25) is 0 Å².